The minimum absolute atomic E-state index is 0.0252. The molecule has 0 fully saturated rings. The summed E-state index contributed by atoms with van der Waals surface area (Å²) in [5.41, 5.74) is 1.13. The van der Waals surface area contributed by atoms with Crippen LogP contribution in [0.25, 0.3) is 0 Å². The lowest BCUT2D eigenvalue weighted by molar-refractivity contribution is -0.138. The van der Waals surface area contributed by atoms with Crippen molar-refractivity contribution in [2.24, 2.45) is 4.99 Å². The smallest absolute Gasteiger partial charge is 0.323 e. The van der Waals surface area contributed by atoms with Crippen molar-refractivity contribution < 1.29 is 23.1 Å². The topological polar surface area (TPSA) is 137 Å². The first kappa shape index (κ1) is 23.2. The van der Waals surface area contributed by atoms with Crippen molar-refractivity contribution in [2.75, 3.05) is 13.1 Å². The standard InChI is InChI=1S/C20H26N4O5S2/c25-17(7-2-1-6-15-10-9-14-5-3-11-21-19(14)23-15)22-13-16(20(26)27)24-31(28,29)18-8-4-12-30-18/h4-5,8-10,12,15-16,24H,1-3,6-7,11,13H2,(H,21,23)(H,22,25)(H,26,27). The molecule has 0 bridgehead atoms. The molecule has 9 nitrogen and oxygen atoms in total. The van der Waals surface area contributed by atoms with Gasteiger partial charge < -0.3 is 15.7 Å². The molecule has 2 aliphatic heterocycles. The molecule has 4 N–H and O–H groups in total. The number of fused-ring (bicyclic) bond motifs is 1. The zero-order chi connectivity index (χ0) is 22.3. The predicted octanol–water partition coefficient (Wildman–Crippen LogP) is 1.41. The van der Waals surface area contributed by atoms with E-state index >= 15 is 0 Å². The lowest BCUT2D eigenvalue weighted by atomic mass is 10.0. The fourth-order valence-corrected chi connectivity index (χ4v) is 5.47. The van der Waals surface area contributed by atoms with Gasteiger partial charge in [0.25, 0.3) is 10.0 Å². The van der Waals surface area contributed by atoms with Crippen molar-refractivity contribution in [3.8, 4) is 0 Å². The molecule has 0 saturated carbocycles. The molecule has 2 aliphatic rings. The highest BCUT2D eigenvalue weighted by molar-refractivity contribution is 7.91. The Bertz CT molecular complexity index is 983. The van der Waals surface area contributed by atoms with Gasteiger partial charge in [-0.3, -0.25) is 14.6 Å². The molecule has 0 saturated heterocycles. The lowest BCUT2D eigenvalue weighted by Crippen LogP contribution is -2.48. The summed E-state index contributed by atoms with van der Waals surface area (Å²) in [6.07, 6.45) is 9.87. The molecular weight excluding hydrogens is 440 g/mol. The Kier molecular flexibility index (Phi) is 7.99. The average molecular weight is 467 g/mol. The molecule has 2 atom stereocenters. The second-order valence-electron chi connectivity index (χ2n) is 7.28. The Morgan fingerprint density at radius 3 is 2.94 bits per heavy atom. The van der Waals surface area contributed by atoms with Crippen LogP contribution in [0.2, 0.25) is 0 Å². The Morgan fingerprint density at radius 2 is 2.19 bits per heavy atom. The monoisotopic (exact) mass is 466 g/mol. The quantitative estimate of drug-likeness (QED) is 0.364. The zero-order valence-corrected chi connectivity index (χ0v) is 18.5. The van der Waals surface area contributed by atoms with Gasteiger partial charge in [0.2, 0.25) is 5.91 Å². The van der Waals surface area contributed by atoms with Crippen LogP contribution < -0.4 is 15.4 Å². The summed E-state index contributed by atoms with van der Waals surface area (Å²) in [6.45, 7) is 0.480. The molecule has 31 heavy (non-hydrogen) atoms. The number of nitrogens with zero attached hydrogens (tertiary/aromatic N) is 1. The molecule has 0 aromatic carbocycles. The van der Waals surface area contributed by atoms with Crippen molar-refractivity contribution in [2.45, 2.75) is 48.4 Å². The summed E-state index contributed by atoms with van der Waals surface area (Å²) < 4.78 is 26.5. The number of rotatable bonds is 11. The number of dihydropyridines is 1. The SMILES string of the molecule is O=C(CCCCC1C=CC2=CCCN=C2N1)NCC(NS(=O)(=O)c1cccs1)C(=O)O. The second kappa shape index (κ2) is 10.7. The van der Waals surface area contributed by atoms with Gasteiger partial charge >= 0.3 is 5.97 Å². The van der Waals surface area contributed by atoms with Crippen LogP contribution in [-0.4, -0.2) is 56.4 Å². The van der Waals surface area contributed by atoms with Crippen LogP contribution >= 0.6 is 11.3 Å². The van der Waals surface area contributed by atoms with Crippen molar-refractivity contribution >= 4 is 39.1 Å². The zero-order valence-electron chi connectivity index (χ0n) is 16.9. The number of unbranched alkanes of at least 4 members (excludes halogenated alkanes) is 1. The number of nitrogens with one attached hydrogen (secondary N) is 3. The molecule has 3 heterocycles. The van der Waals surface area contributed by atoms with E-state index in [1.807, 2.05) is 0 Å². The van der Waals surface area contributed by atoms with Crippen molar-refractivity contribution in [1.29, 1.82) is 0 Å². The maximum absolute atomic E-state index is 12.2. The summed E-state index contributed by atoms with van der Waals surface area (Å²) >= 11 is 0.988. The van der Waals surface area contributed by atoms with E-state index in [-0.39, 0.29) is 29.1 Å². The van der Waals surface area contributed by atoms with Gasteiger partial charge in [0.1, 0.15) is 16.1 Å². The van der Waals surface area contributed by atoms with Crippen LogP contribution in [0.1, 0.15) is 32.1 Å². The van der Waals surface area contributed by atoms with E-state index in [1.165, 1.54) is 6.07 Å². The number of sulfonamides is 1. The minimum Gasteiger partial charge on any atom is -0.480 e. The number of thiophene rings is 1. The maximum atomic E-state index is 12.2. The Hall–Kier alpha value is -2.50. The number of carboxylic acids is 1. The maximum Gasteiger partial charge on any atom is 0.323 e. The van der Waals surface area contributed by atoms with E-state index in [2.05, 4.69) is 38.6 Å². The van der Waals surface area contributed by atoms with Crippen molar-refractivity contribution in [1.82, 2.24) is 15.4 Å². The number of aliphatic carboxylic acids is 1. The van der Waals surface area contributed by atoms with Crippen LogP contribution in [0.4, 0.5) is 0 Å². The Labute approximate surface area is 185 Å². The van der Waals surface area contributed by atoms with Gasteiger partial charge in [-0.2, -0.15) is 4.72 Å². The van der Waals surface area contributed by atoms with Crippen LogP contribution in [-0.2, 0) is 19.6 Å². The Morgan fingerprint density at radius 1 is 1.35 bits per heavy atom. The van der Waals surface area contributed by atoms with E-state index in [4.69, 9.17) is 0 Å². The first-order valence-corrected chi connectivity index (χ1v) is 12.5. The van der Waals surface area contributed by atoms with E-state index in [0.717, 1.165) is 48.6 Å². The summed E-state index contributed by atoms with van der Waals surface area (Å²) in [5.74, 6) is -0.730. The third kappa shape index (κ3) is 6.74. The molecule has 11 heteroatoms. The first-order chi connectivity index (χ1) is 14.8. The molecule has 0 aliphatic carbocycles. The summed E-state index contributed by atoms with van der Waals surface area (Å²) in [7, 11) is -3.94. The predicted molar refractivity (Wildman–Crippen MR) is 119 cm³/mol. The van der Waals surface area contributed by atoms with Crippen LogP contribution in [0.5, 0.6) is 0 Å². The van der Waals surface area contributed by atoms with Crippen LogP contribution in [0.15, 0.2) is 50.5 Å². The third-order valence-electron chi connectivity index (χ3n) is 4.89. The van der Waals surface area contributed by atoms with E-state index in [9.17, 15) is 23.1 Å². The van der Waals surface area contributed by atoms with Gasteiger partial charge in [0.15, 0.2) is 0 Å². The molecule has 0 spiro atoms. The number of hydrogen-bond acceptors (Lipinski definition) is 7. The number of carbonyl (C=O) groups is 2. The number of amides is 1. The van der Waals surface area contributed by atoms with Gasteiger partial charge in [0, 0.05) is 31.1 Å². The first-order valence-electron chi connectivity index (χ1n) is 10.1. The van der Waals surface area contributed by atoms with E-state index in [1.54, 1.807) is 11.4 Å². The summed E-state index contributed by atoms with van der Waals surface area (Å²) in [6, 6.07) is 1.69. The number of carboxylic acid groups (broad SMARTS) is 1. The van der Waals surface area contributed by atoms with E-state index in [0.29, 0.717) is 6.42 Å². The summed E-state index contributed by atoms with van der Waals surface area (Å²) in [5, 5.41) is 16.8. The van der Waals surface area contributed by atoms with Gasteiger partial charge in [-0.15, -0.1) is 11.3 Å². The van der Waals surface area contributed by atoms with Crippen LogP contribution in [0.3, 0.4) is 0 Å². The largest absolute Gasteiger partial charge is 0.480 e. The molecule has 1 aromatic heterocycles. The highest BCUT2D eigenvalue weighted by atomic mass is 32.2. The molecule has 2 unspecified atom stereocenters. The number of aliphatic imine (C=N–C) groups is 1. The van der Waals surface area contributed by atoms with Crippen molar-refractivity contribution in [3.63, 3.8) is 0 Å². The van der Waals surface area contributed by atoms with Gasteiger partial charge in [0.05, 0.1) is 0 Å². The second-order valence-corrected chi connectivity index (χ2v) is 10.2. The van der Waals surface area contributed by atoms with Crippen molar-refractivity contribution in [3.05, 3.63) is 41.3 Å². The van der Waals surface area contributed by atoms with E-state index < -0.39 is 22.0 Å². The normalized spacial score (nSPS) is 18.9. The minimum atomic E-state index is -3.94. The molecule has 1 aromatic rings. The lowest BCUT2D eigenvalue weighted by Gasteiger charge is -2.25. The fraction of sp³-hybridized carbons (Fsp3) is 0.450. The van der Waals surface area contributed by atoms with Gasteiger partial charge in [-0.1, -0.05) is 30.7 Å². The molecule has 168 valence electrons. The molecule has 3 rings (SSSR count). The number of hydrogen-bond donors (Lipinski definition) is 4. The highest BCUT2D eigenvalue weighted by Gasteiger charge is 2.26. The number of carbonyl (C=O) groups excluding carboxylic acids is 1. The molecule has 1 amide bonds. The van der Waals surface area contributed by atoms with Gasteiger partial charge in [-0.05, 0) is 30.7 Å². The summed E-state index contributed by atoms with van der Waals surface area (Å²) in [4.78, 5) is 27.9. The van der Waals surface area contributed by atoms with Crippen LogP contribution in [0, 0.1) is 0 Å². The van der Waals surface area contributed by atoms with Gasteiger partial charge in [-0.25, -0.2) is 8.42 Å². The molecule has 0 radical (unpaired) electrons. The Balaban J connectivity index is 1.37. The highest BCUT2D eigenvalue weighted by Crippen LogP contribution is 2.17. The third-order valence-corrected chi connectivity index (χ3v) is 7.76. The fourth-order valence-electron chi connectivity index (χ4n) is 3.27. The number of amidine groups is 1. The average Bonchev–Trinajstić information content (AvgIpc) is 3.30. The molecular formula is C20H26N4O5S2.